The highest BCUT2D eigenvalue weighted by Crippen LogP contribution is 2.30. The van der Waals surface area contributed by atoms with Gasteiger partial charge >= 0.3 is 0 Å². The van der Waals surface area contributed by atoms with Gasteiger partial charge in [0.1, 0.15) is 5.82 Å². The first-order valence-corrected chi connectivity index (χ1v) is 5.70. The van der Waals surface area contributed by atoms with Crippen molar-refractivity contribution in [2.75, 3.05) is 17.6 Å². The second-order valence-corrected chi connectivity index (χ2v) is 4.61. The predicted molar refractivity (Wildman–Crippen MR) is 63.6 cm³/mol. The molecule has 82 valence electrons. The zero-order chi connectivity index (χ0) is 10.7. The molecule has 1 aliphatic carbocycles. The molecule has 2 rings (SSSR count). The van der Waals surface area contributed by atoms with E-state index < -0.39 is 0 Å². The molecule has 1 aromatic heterocycles. The maximum absolute atomic E-state index is 5.81. The van der Waals surface area contributed by atoms with E-state index >= 15 is 0 Å². The lowest BCUT2D eigenvalue weighted by atomic mass is 10.1. The van der Waals surface area contributed by atoms with Crippen molar-refractivity contribution in [3.05, 3.63) is 18.3 Å². The van der Waals surface area contributed by atoms with Crippen LogP contribution < -0.4 is 11.1 Å². The molecule has 1 heterocycles. The Kier molecular flexibility index (Phi) is 3.09. The summed E-state index contributed by atoms with van der Waals surface area (Å²) >= 11 is 0. The van der Waals surface area contributed by atoms with Crippen molar-refractivity contribution in [1.29, 1.82) is 0 Å². The monoisotopic (exact) mass is 205 g/mol. The minimum atomic E-state index is 0.739. The molecule has 1 fully saturated rings. The van der Waals surface area contributed by atoms with Gasteiger partial charge < -0.3 is 11.1 Å². The fourth-order valence-electron chi connectivity index (χ4n) is 2.32. The molecule has 0 bridgehead atoms. The smallest absolute Gasteiger partial charge is 0.149 e. The summed E-state index contributed by atoms with van der Waals surface area (Å²) in [7, 11) is 0. The Hall–Kier alpha value is -1.25. The van der Waals surface area contributed by atoms with Gasteiger partial charge in [-0.25, -0.2) is 4.98 Å². The maximum Gasteiger partial charge on any atom is 0.149 e. The third kappa shape index (κ3) is 2.61. The molecule has 1 aliphatic rings. The van der Waals surface area contributed by atoms with Crippen LogP contribution in [0.1, 0.15) is 26.2 Å². The van der Waals surface area contributed by atoms with Gasteiger partial charge in [0.15, 0.2) is 0 Å². The number of pyridine rings is 1. The van der Waals surface area contributed by atoms with Crippen molar-refractivity contribution >= 4 is 11.5 Å². The first-order valence-electron chi connectivity index (χ1n) is 5.70. The van der Waals surface area contributed by atoms with Gasteiger partial charge in [0.05, 0.1) is 5.69 Å². The summed E-state index contributed by atoms with van der Waals surface area (Å²) in [5.74, 6) is 2.51. The number of nitrogen functional groups attached to an aromatic ring is 1. The summed E-state index contributed by atoms with van der Waals surface area (Å²) in [6, 6.07) is 3.74. The molecule has 2 atom stereocenters. The van der Waals surface area contributed by atoms with Crippen LogP contribution in [0.5, 0.6) is 0 Å². The van der Waals surface area contributed by atoms with E-state index in [1.165, 1.54) is 19.3 Å². The second-order valence-electron chi connectivity index (χ2n) is 4.61. The highest BCUT2D eigenvalue weighted by Gasteiger charge is 2.20. The molecular weight excluding hydrogens is 186 g/mol. The molecule has 0 aliphatic heterocycles. The van der Waals surface area contributed by atoms with E-state index in [-0.39, 0.29) is 0 Å². The van der Waals surface area contributed by atoms with E-state index in [0.29, 0.717) is 0 Å². The topological polar surface area (TPSA) is 50.9 Å². The predicted octanol–water partition coefficient (Wildman–Crippen LogP) is 2.51. The second kappa shape index (κ2) is 4.51. The molecule has 0 spiro atoms. The van der Waals surface area contributed by atoms with Crippen LogP contribution in [0, 0.1) is 11.8 Å². The van der Waals surface area contributed by atoms with Crippen LogP contribution in [-0.2, 0) is 0 Å². The molecular formula is C12H19N3. The van der Waals surface area contributed by atoms with E-state index in [4.69, 9.17) is 5.73 Å². The lowest BCUT2D eigenvalue weighted by Crippen LogP contribution is -2.13. The van der Waals surface area contributed by atoms with Crippen molar-refractivity contribution in [1.82, 2.24) is 4.98 Å². The maximum atomic E-state index is 5.81. The fraction of sp³-hybridized carbons (Fsp3) is 0.583. The average Bonchev–Trinajstić information content (AvgIpc) is 2.63. The van der Waals surface area contributed by atoms with Crippen LogP contribution in [0.3, 0.4) is 0 Å². The van der Waals surface area contributed by atoms with Crippen molar-refractivity contribution in [3.63, 3.8) is 0 Å². The highest BCUT2D eigenvalue weighted by atomic mass is 15.0. The summed E-state index contributed by atoms with van der Waals surface area (Å²) in [5, 5.41) is 3.34. The van der Waals surface area contributed by atoms with E-state index in [0.717, 1.165) is 29.9 Å². The summed E-state index contributed by atoms with van der Waals surface area (Å²) in [6.45, 7) is 3.33. The third-order valence-corrected chi connectivity index (χ3v) is 3.20. The van der Waals surface area contributed by atoms with E-state index in [1.54, 1.807) is 6.20 Å². The molecule has 3 heteroatoms. The van der Waals surface area contributed by atoms with Crippen molar-refractivity contribution < 1.29 is 0 Å². The number of nitrogens with zero attached hydrogens (tertiary/aromatic N) is 1. The van der Waals surface area contributed by atoms with Crippen LogP contribution in [0.2, 0.25) is 0 Å². The molecule has 0 radical (unpaired) electrons. The molecule has 3 nitrogen and oxygen atoms in total. The van der Waals surface area contributed by atoms with Gasteiger partial charge in [-0.3, -0.25) is 0 Å². The number of rotatable bonds is 3. The Morgan fingerprint density at radius 2 is 2.40 bits per heavy atom. The SMILES string of the molecule is CC1CCC(CNc2ncccc2N)C1. The molecule has 15 heavy (non-hydrogen) atoms. The quantitative estimate of drug-likeness (QED) is 0.797. The van der Waals surface area contributed by atoms with Crippen LogP contribution in [0.25, 0.3) is 0 Å². The summed E-state index contributed by atoms with van der Waals surface area (Å²) in [4.78, 5) is 4.22. The van der Waals surface area contributed by atoms with Crippen LogP contribution in [0.15, 0.2) is 18.3 Å². The molecule has 1 saturated carbocycles. The van der Waals surface area contributed by atoms with Gasteiger partial charge in [-0.05, 0) is 36.8 Å². The molecule has 2 unspecified atom stereocenters. The van der Waals surface area contributed by atoms with E-state index in [9.17, 15) is 0 Å². The van der Waals surface area contributed by atoms with Crippen LogP contribution in [-0.4, -0.2) is 11.5 Å². The van der Waals surface area contributed by atoms with Crippen LogP contribution >= 0.6 is 0 Å². The number of hydrogen-bond acceptors (Lipinski definition) is 3. The Morgan fingerprint density at radius 1 is 1.53 bits per heavy atom. The van der Waals surface area contributed by atoms with Gasteiger partial charge in [-0.1, -0.05) is 13.3 Å². The van der Waals surface area contributed by atoms with Gasteiger partial charge in [-0.2, -0.15) is 0 Å². The molecule has 3 N–H and O–H groups in total. The van der Waals surface area contributed by atoms with Crippen molar-refractivity contribution in [3.8, 4) is 0 Å². The Balaban J connectivity index is 1.86. The lowest BCUT2D eigenvalue weighted by molar-refractivity contribution is 0.536. The first-order chi connectivity index (χ1) is 7.25. The Labute approximate surface area is 91.1 Å². The number of nitrogens with two attached hydrogens (primary N) is 1. The zero-order valence-electron chi connectivity index (χ0n) is 9.24. The first kappa shape index (κ1) is 10.3. The normalized spacial score (nSPS) is 25.4. The lowest BCUT2D eigenvalue weighted by Gasteiger charge is -2.12. The van der Waals surface area contributed by atoms with E-state index in [1.807, 2.05) is 12.1 Å². The van der Waals surface area contributed by atoms with Gasteiger partial charge in [-0.15, -0.1) is 0 Å². The largest absolute Gasteiger partial charge is 0.396 e. The number of hydrogen-bond donors (Lipinski definition) is 2. The molecule has 0 amide bonds. The van der Waals surface area contributed by atoms with E-state index in [2.05, 4.69) is 17.2 Å². The number of nitrogens with one attached hydrogen (secondary N) is 1. The third-order valence-electron chi connectivity index (χ3n) is 3.20. The van der Waals surface area contributed by atoms with Gasteiger partial charge in [0, 0.05) is 12.7 Å². The van der Waals surface area contributed by atoms with Crippen molar-refractivity contribution in [2.24, 2.45) is 11.8 Å². The standard InChI is InChI=1S/C12H19N3/c1-9-4-5-10(7-9)8-15-12-11(13)3-2-6-14-12/h2-3,6,9-10H,4-5,7-8,13H2,1H3,(H,14,15). The number of aromatic nitrogens is 1. The van der Waals surface area contributed by atoms with Gasteiger partial charge in [0.2, 0.25) is 0 Å². The minimum Gasteiger partial charge on any atom is -0.396 e. The summed E-state index contributed by atoms with van der Waals surface area (Å²) < 4.78 is 0. The highest BCUT2D eigenvalue weighted by molar-refractivity contribution is 5.60. The minimum absolute atomic E-state index is 0.739. The Morgan fingerprint density at radius 3 is 3.07 bits per heavy atom. The molecule has 0 aromatic carbocycles. The Bertz CT molecular complexity index is 324. The molecule has 0 saturated heterocycles. The van der Waals surface area contributed by atoms with Gasteiger partial charge in [0.25, 0.3) is 0 Å². The summed E-state index contributed by atoms with van der Waals surface area (Å²) in [6.07, 6.45) is 5.81. The van der Waals surface area contributed by atoms with Crippen LogP contribution in [0.4, 0.5) is 11.5 Å². The fourth-order valence-corrected chi connectivity index (χ4v) is 2.32. The average molecular weight is 205 g/mol. The zero-order valence-corrected chi connectivity index (χ0v) is 9.24. The van der Waals surface area contributed by atoms with Crippen molar-refractivity contribution in [2.45, 2.75) is 26.2 Å². The molecule has 1 aromatic rings. The summed E-state index contributed by atoms with van der Waals surface area (Å²) in [5.41, 5.74) is 6.55. The number of anilines is 2.